The zero-order chi connectivity index (χ0) is 12.3. The van der Waals surface area contributed by atoms with Crippen LogP contribution in [-0.2, 0) is 9.47 Å². The Balaban J connectivity index is 1.74. The summed E-state index contributed by atoms with van der Waals surface area (Å²) in [5.74, 6) is 0.721. The van der Waals surface area contributed by atoms with E-state index in [4.69, 9.17) is 9.47 Å². The van der Waals surface area contributed by atoms with Gasteiger partial charge in [0.15, 0.2) is 0 Å². The Kier molecular flexibility index (Phi) is 4.10. The number of hydrogen-bond donors (Lipinski definition) is 1. The normalized spacial score (nSPS) is 34.6. The number of fused-ring (bicyclic) bond motifs is 1. The summed E-state index contributed by atoms with van der Waals surface area (Å²) in [6.07, 6.45) is 5.55. The van der Waals surface area contributed by atoms with Crippen molar-refractivity contribution in [1.82, 2.24) is 5.32 Å². The first-order valence-corrected chi connectivity index (χ1v) is 6.75. The molecule has 2 aliphatic rings. The number of nitrogens with one attached hydrogen (secondary N) is 1. The van der Waals surface area contributed by atoms with E-state index in [2.05, 4.69) is 25.7 Å². The lowest BCUT2D eigenvalue weighted by Gasteiger charge is -2.60. The molecule has 1 N–H and O–H groups in total. The van der Waals surface area contributed by atoms with E-state index in [1.54, 1.807) is 0 Å². The van der Waals surface area contributed by atoms with Crippen molar-refractivity contribution >= 4 is 0 Å². The van der Waals surface area contributed by atoms with E-state index in [-0.39, 0.29) is 5.41 Å². The van der Waals surface area contributed by atoms with Crippen LogP contribution in [0.2, 0.25) is 0 Å². The summed E-state index contributed by atoms with van der Waals surface area (Å²) in [5.41, 5.74) is 0.282. The molecule has 0 aromatic heterocycles. The van der Waals surface area contributed by atoms with Crippen LogP contribution >= 0.6 is 0 Å². The molecule has 0 amide bonds. The molecule has 3 atom stereocenters. The highest BCUT2D eigenvalue weighted by Crippen LogP contribution is 2.51. The Labute approximate surface area is 105 Å². The van der Waals surface area contributed by atoms with Gasteiger partial charge in [0.1, 0.15) is 0 Å². The van der Waals surface area contributed by atoms with Crippen LogP contribution in [-0.4, -0.2) is 31.9 Å². The van der Waals surface area contributed by atoms with Crippen LogP contribution < -0.4 is 5.32 Å². The first-order chi connectivity index (χ1) is 8.18. The minimum Gasteiger partial charge on any atom is -0.502 e. The van der Waals surface area contributed by atoms with Crippen molar-refractivity contribution in [2.45, 2.75) is 45.3 Å². The Morgan fingerprint density at radius 1 is 1.53 bits per heavy atom. The lowest BCUT2D eigenvalue weighted by molar-refractivity contribution is -0.192. The molecular formula is C14H25NO2. The van der Waals surface area contributed by atoms with Gasteiger partial charge >= 0.3 is 0 Å². The molecule has 0 aromatic rings. The number of rotatable bonds is 6. The Morgan fingerprint density at radius 2 is 2.35 bits per heavy atom. The summed E-state index contributed by atoms with van der Waals surface area (Å²) in [7, 11) is 0. The van der Waals surface area contributed by atoms with Gasteiger partial charge in [-0.25, -0.2) is 0 Å². The predicted octanol–water partition coefficient (Wildman–Crippen LogP) is 2.33. The van der Waals surface area contributed by atoms with Crippen LogP contribution in [0.15, 0.2) is 12.8 Å². The molecule has 0 spiro atoms. The van der Waals surface area contributed by atoms with E-state index < -0.39 is 0 Å². The summed E-state index contributed by atoms with van der Waals surface area (Å²) < 4.78 is 11.0. The molecule has 2 rings (SSSR count). The molecule has 3 unspecified atom stereocenters. The smallest absolute Gasteiger partial charge is 0.0885 e. The fraction of sp³-hybridized carbons (Fsp3) is 0.857. The van der Waals surface area contributed by atoms with Crippen LogP contribution in [0.25, 0.3) is 0 Å². The monoisotopic (exact) mass is 239 g/mol. The van der Waals surface area contributed by atoms with Crippen LogP contribution in [0.5, 0.6) is 0 Å². The first kappa shape index (κ1) is 12.9. The van der Waals surface area contributed by atoms with E-state index in [1.807, 2.05) is 0 Å². The van der Waals surface area contributed by atoms with Crippen LogP contribution in [0.3, 0.4) is 0 Å². The molecule has 3 nitrogen and oxygen atoms in total. The molecule has 2 fully saturated rings. The zero-order valence-corrected chi connectivity index (χ0v) is 11.1. The summed E-state index contributed by atoms with van der Waals surface area (Å²) in [4.78, 5) is 0. The van der Waals surface area contributed by atoms with Crippen LogP contribution in [0.4, 0.5) is 0 Å². The fourth-order valence-electron chi connectivity index (χ4n) is 3.43. The van der Waals surface area contributed by atoms with E-state index in [0.29, 0.717) is 12.1 Å². The third kappa shape index (κ3) is 2.50. The maximum absolute atomic E-state index is 5.89. The second-order valence-corrected chi connectivity index (χ2v) is 5.74. The third-order valence-corrected chi connectivity index (χ3v) is 4.25. The molecule has 1 saturated carbocycles. The molecule has 1 heterocycles. The summed E-state index contributed by atoms with van der Waals surface area (Å²) >= 11 is 0. The zero-order valence-electron chi connectivity index (χ0n) is 11.1. The molecule has 0 bridgehead atoms. The summed E-state index contributed by atoms with van der Waals surface area (Å²) in [6.45, 7) is 10.9. The SMILES string of the molecule is C=COCCCNC1C2CCCOC2C1(C)C. The molecular weight excluding hydrogens is 214 g/mol. The van der Waals surface area contributed by atoms with Gasteiger partial charge in [-0.2, -0.15) is 0 Å². The van der Waals surface area contributed by atoms with E-state index in [1.165, 1.54) is 19.1 Å². The lowest BCUT2D eigenvalue weighted by atomic mass is 9.55. The topological polar surface area (TPSA) is 30.5 Å². The average molecular weight is 239 g/mol. The van der Waals surface area contributed by atoms with Gasteiger partial charge in [-0.3, -0.25) is 0 Å². The molecule has 17 heavy (non-hydrogen) atoms. The molecule has 3 heteroatoms. The average Bonchev–Trinajstić information content (AvgIpc) is 2.33. The number of hydrogen-bond acceptors (Lipinski definition) is 3. The molecule has 1 aliphatic heterocycles. The highest BCUT2D eigenvalue weighted by Gasteiger charge is 2.57. The van der Waals surface area contributed by atoms with Crippen molar-refractivity contribution in [2.75, 3.05) is 19.8 Å². The first-order valence-electron chi connectivity index (χ1n) is 6.75. The Morgan fingerprint density at radius 3 is 3.12 bits per heavy atom. The van der Waals surface area contributed by atoms with E-state index >= 15 is 0 Å². The van der Waals surface area contributed by atoms with Crippen molar-refractivity contribution in [3.8, 4) is 0 Å². The maximum atomic E-state index is 5.89. The molecule has 0 aromatic carbocycles. The number of ether oxygens (including phenoxy) is 2. The van der Waals surface area contributed by atoms with Crippen molar-refractivity contribution in [1.29, 1.82) is 0 Å². The van der Waals surface area contributed by atoms with E-state index in [0.717, 1.165) is 32.1 Å². The minimum atomic E-state index is 0.282. The van der Waals surface area contributed by atoms with Crippen molar-refractivity contribution in [2.24, 2.45) is 11.3 Å². The highest BCUT2D eigenvalue weighted by molar-refractivity contribution is 5.10. The van der Waals surface area contributed by atoms with E-state index in [9.17, 15) is 0 Å². The minimum absolute atomic E-state index is 0.282. The maximum Gasteiger partial charge on any atom is 0.0885 e. The second-order valence-electron chi connectivity index (χ2n) is 5.74. The van der Waals surface area contributed by atoms with Gasteiger partial charge in [-0.05, 0) is 25.8 Å². The summed E-state index contributed by atoms with van der Waals surface area (Å²) in [5, 5.41) is 3.67. The van der Waals surface area contributed by atoms with Gasteiger partial charge in [-0.15, -0.1) is 0 Å². The summed E-state index contributed by atoms with van der Waals surface area (Å²) in [6, 6.07) is 0.608. The lowest BCUT2D eigenvalue weighted by Crippen LogP contribution is -2.69. The largest absolute Gasteiger partial charge is 0.502 e. The van der Waals surface area contributed by atoms with Crippen molar-refractivity contribution in [3.05, 3.63) is 12.8 Å². The van der Waals surface area contributed by atoms with Gasteiger partial charge in [0.2, 0.25) is 0 Å². The second kappa shape index (κ2) is 5.40. The van der Waals surface area contributed by atoms with Crippen molar-refractivity contribution < 1.29 is 9.47 Å². The highest BCUT2D eigenvalue weighted by atomic mass is 16.5. The molecule has 1 aliphatic carbocycles. The standard InChI is InChI=1S/C14H25NO2/c1-4-16-9-6-8-15-12-11-7-5-10-17-13(11)14(12,2)3/h4,11-13,15H,1,5-10H2,2-3H3. The van der Waals surface area contributed by atoms with Gasteiger partial charge in [0, 0.05) is 24.0 Å². The molecule has 1 saturated heterocycles. The van der Waals surface area contributed by atoms with Crippen molar-refractivity contribution in [3.63, 3.8) is 0 Å². The quantitative estimate of drug-likeness (QED) is 0.570. The van der Waals surface area contributed by atoms with Gasteiger partial charge in [0.25, 0.3) is 0 Å². The Hall–Kier alpha value is -0.540. The van der Waals surface area contributed by atoms with Crippen LogP contribution in [0.1, 0.15) is 33.1 Å². The van der Waals surface area contributed by atoms with Crippen LogP contribution in [0, 0.1) is 11.3 Å². The third-order valence-electron chi connectivity index (χ3n) is 4.25. The van der Waals surface area contributed by atoms with Gasteiger partial charge in [0.05, 0.1) is 19.0 Å². The molecule has 98 valence electrons. The fourth-order valence-corrected chi connectivity index (χ4v) is 3.43. The van der Waals surface area contributed by atoms with Gasteiger partial charge in [-0.1, -0.05) is 20.4 Å². The molecule has 0 radical (unpaired) electrons. The van der Waals surface area contributed by atoms with Gasteiger partial charge < -0.3 is 14.8 Å². The predicted molar refractivity (Wildman–Crippen MR) is 68.8 cm³/mol. The Bertz CT molecular complexity index is 265.